The number of amides is 2. The molecule has 0 fully saturated rings. The topological polar surface area (TPSA) is 88.5 Å². The van der Waals surface area contributed by atoms with E-state index in [9.17, 15) is 4.79 Å². The fourth-order valence-electron chi connectivity index (χ4n) is 0.835. The molecule has 0 aliphatic heterocycles. The van der Waals surface area contributed by atoms with Gasteiger partial charge in [-0.05, 0) is 18.2 Å². The lowest BCUT2D eigenvalue weighted by Crippen LogP contribution is -2.05. The van der Waals surface area contributed by atoms with Crippen LogP contribution in [0.5, 0.6) is 0 Å². The number of anilines is 1. The highest BCUT2D eigenvalue weighted by molar-refractivity contribution is 6.35. The summed E-state index contributed by atoms with van der Waals surface area (Å²) in [7, 11) is 0. The third-order valence-electron chi connectivity index (χ3n) is 1.29. The van der Waals surface area contributed by atoms with Gasteiger partial charge < -0.3 is 10.8 Å². The molecule has 78 valence electrons. The van der Waals surface area contributed by atoms with Gasteiger partial charge in [-0.3, -0.25) is 10.4 Å². The molecule has 1 rings (SSSR count). The maximum Gasteiger partial charge on any atom is 0.345 e. The molecule has 0 aliphatic carbocycles. The SMILES string of the molecule is [N-]=N/N=N/C(=O)Nc1cc(Cl)cc(Cl)c1. The molecule has 8 heteroatoms. The summed E-state index contributed by atoms with van der Waals surface area (Å²) in [6, 6.07) is 3.68. The Balaban J connectivity index is 2.76. The molecule has 0 saturated carbocycles. The number of urea groups is 1. The van der Waals surface area contributed by atoms with E-state index in [1.165, 1.54) is 18.2 Å². The summed E-state index contributed by atoms with van der Waals surface area (Å²) in [6.45, 7) is 0. The molecule has 0 saturated heterocycles. The van der Waals surface area contributed by atoms with Gasteiger partial charge in [0.05, 0.1) is 0 Å². The fraction of sp³-hybridized carbons (Fsp3) is 0. The summed E-state index contributed by atoms with van der Waals surface area (Å²) in [5, 5.41) is 11.1. The molecule has 0 unspecified atom stereocenters. The van der Waals surface area contributed by atoms with E-state index in [1.807, 2.05) is 0 Å². The number of hydrogen-bond donors (Lipinski definition) is 1. The highest BCUT2D eigenvalue weighted by Gasteiger charge is 2.01. The second-order valence-corrected chi connectivity index (χ2v) is 3.24. The number of benzene rings is 1. The molecular formula is C7H4Cl2N5O-. The van der Waals surface area contributed by atoms with Gasteiger partial charge in [0.15, 0.2) is 0 Å². The van der Waals surface area contributed by atoms with Gasteiger partial charge in [-0.1, -0.05) is 23.2 Å². The summed E-state index contributed by atoms with van der Waals surface area (Å²) in [5.74, 6) is 0. The average Bonchev–Trinajstić information content (AvgIpc) is 2.13. The van der Waals surface area contributed by atoms with Crippen LogP contribution in [0.1, 0.15) is 0 Å². The smallest absolute Gasteiger partial charge is 0.345 e. The minimum atomic E-state index is -0.800. The van der Waals surface area contributed by atoms with Crippen LogP contribution < -0.4 is 5.32 Å². The van der Waals surface area contributed by atoms with Crippen LogP contribution in [-0.4, -0.2) is 6.03 Å². The Hall–Kier alpha value is -1.53. The average molecular weight is 245 g/mol. The van der Waals surface area contributed by atoms with Crippen LogP contribution in [0.2, 0.25) is 10.0 Å². The van der Waals surface area contributed by atoms with E-state index in [0.29, 0.717) is 15.7 Å². The first-order valence-electron chi connectivity index (χ1n) is 3.64. The predicted octanol–water partition coefficient (Wildman–Crippen LogP) is 3.91. The number of carbonyl (C=O) groups excluding carboxylic acids is 1. The van der Waals surface area contributed by atoms with Gasteiger partial charge >= 0.3 is 6.03 Å². The first-order valence-corrected chi connectivity index (χ1v) is 4.39. The molecule has 0 radical (unpaired) electrons. The summed E-state index contributed by atoms with van der Waals surface area (Å²) < 4.78 is 0. The van der Waals surface area contributed by atoms with Gasteiger partial charge in [0.1, 0.15) is 0 Å². The molecule has 2 amide bonds. The van der Waals surface area contributed by atoms with Crippen molar-refractivity contribution in [3.05, 3.63) is 33.8 Å². The van der Waals surface area contributed by atoms with Crippen molar-refractivity contribution >= 4 is 34.9 Å². The number of nitrogens with one attached hydrogen (secondary N) is 1. The van der Waals surface area contributed by atoms with Crippen molar-refractivity contribution in [1.29, 1.82) is 0 Å². The maximum atomic E-state index is 11.0. The zero-order chi connectivity index (χ0) is 11.3. The monoisotopic (exact) mass is 244 g/mol. The lowest BCUT2D eigenvalue weighted by Gasteiger charge is -2.03. The molecule has 0 spiro atoms. The second-order valence-electron chi connectivity index (χ2n) is 2.37. The zero-order valence-corrected chi connectivity index (χ0v) is 8.70. The fourth-order valence-corrected chi connectivity index (χ4v) is 1.36. The Bertz CT molecular complexity index is 400. The van der Waals surface area contributed by atoms with Crippen LogP contribution in [0.15, 0.2) is 33.8 Å². The van der Waals surface area contributed by atoms with E-state index in [4.69, 9.17) is 28.7 Å². The molecule has 1 N–H and O–H groups in total. The predicted molar refractivity (Wildman–Crippen MR) is 56.1 cm³/mol. The number of nitrogens with zero attached hydrogens (tertiary/aromatic N) is 4. The summed E-state index contributed by atoms with van der Waals surface area (Å²) in [6.07, 6.45) is 0. The number of halogens is 2. The maximum absolute atomic E-state index is 11.0. The van der Waals surface area contributed by atoms with Crippen LogP contribution in [0, 0.1) is 0 Å². The Labute approximate surface area is 94.8 Å². The van der Waals surface area contributed by atoms with Gasteiger partial charge in [0, 0.05) is 15.7 Å². The van der Waals surface area contributed by atoms with Crippen molar-refractivity contribution in [3.8, 4) is 0 Å². The third kappa shape index (κ3) is 4.01. The lowest BCUT2D eigenvalue weighted by molar-refractivity contribution is 0.258. The molecular weight excluding hydrogens is 241 g/mol. The van der Waals surface area contributed by atoms with Gasteiger partial charge in [0.25, 0.3) is 0 Å². The lowest BCUT2D eigenvalue weighted by atomic mass is 10.3. The second kappa shape index (κ2) is 5.38. The van der Waals surface area contributed by atoms with Crippen molar-refractivity contribution in [2.24, 2.45) is 15.6 Å². The molecule has 0 atom stereocenters. The Kier molecular flexibility index (Phi) is 4.14. The van der Waals surface area contributed by atoms with Gasteiger partial charge in [-0.2, -0.15) is 5.11 Å². The van der Waals surface area contributed by atoms with Gasteiger partial charge in [-0.25, -0.2) is 4.79 Å². The summed E-state index contributed by atoms with van der Waals surface area (Å²) in [5.41, 5.74) is 8.28. The highest BCUT2D eigenvalue weighted by Crippen LogP contribution is 2.22. The van der Waals surface area contributed by atoms with E-state index >= 15 is 0 Å². The largest absolute Gasteiger partial charge is 0.360 e. The van der Waals surface area contributed by atoms with Crippen molar-refractivity contribution in [3.63, 3.8) is 0 Å². The molecule has 15 heavy (non-hydrogen) atoms. The van der Waals surface area contributed by atoms with E-state index < -0.39 is 6.03 Å². The first-order chi connectivity index (χ1) is 7.11. The van der Waals surface area contributed by atoms with Crippen molar-refractivity contribution in [2.45, 2.75) is 0 Å². The number of carbonyl (C=O) groups is 1. The van der Waals surface area contributed by atoms with Crippen LogP contribution >= 0.6 is 23.2 Å². The summed E-state index contributed by atoms with van der Waals surface area (Å²) in [4.78, 5) is 11.0. The van der Waals surface area contributed by atoms with Crippen LogP contribution in [0.25, 0.3) is 5.53 Å². The molecule has 1 aromatic carbocycles. The van der Waals surface area contributed by atoms with Crippen LogP contribution in [0.4, 0.5) is 10.5 Å². The standard InChI is InChI=1S/C7H4Cl2N5O/c8-4-1-5(9)3-6(2-4)11-7(15)12-14-13-10/h1-3H,(H,11,15)/q-1/b14-12+. The Morgan fingerprint density at radius 3 is 2.40 bits per heavy atom. The van der Waals surface area contributed by atoms with Crippen molar-refractivity contribution in [1.82, 2.24) is 0 Å². The van der Waals surface area contributed by atoms with Crippen molar-refractivity contribution in [2.75, 3.05) is 5.32 Å². The molecule has 0 heterocycles. The minimum absolute atomic E-state index is 0.370. The number of hydrogen-bond acceptors (Lipinski definition) is 1. The van der Waals surface area contributed by atoms with Crippen LogP contribution in [-0.2, 0) is 0 Å². The summed E-state index contributed by atoms with van der Waals surface area (Å²) >= 11 is 11.4. The molecule has 1 aromatic rings. The third-order valence-corrected chi connectivity index (χ3v) is 1.73. The normalized spacial score (nSPS) is 10.3. The van der Waals surface area contributed by atoms with E-state index in [0.717, 1.165) is 0 Å². The Morgan fingerprint density at radius 2 is 1.87 bits per heavy atom. The van der Waals surface area contributed by atoms with Crippen LogP contribution in [0.3, 0.4) is 0 Å². The first kappa shape index (κ1) is 11.5. The Morgan fingerprint density at radius 1 is 1.27 bits per heavy atom. The minimum Gasteiger partial charge on any atom is -0.360 e. The van der Waals surface area contributed by atoms with E-state index in [1.54, 1.807) is 0 Å². The van der Waals surface area contributed by atoms with Gasteiger partial charge in [0.2, 0.25) is 0 Å². The molecule has 0 bridgehead atoms. The van der Waals surface area contributed by atoms with Gasteiger partial charge in [-0.15, -0.1) is 0 Å². The van der Waals surface area contributed by atoms with E-state index in [-0.39, 0.29) is 0 Å². The number of rotatable bonds is 2. The highest BCUT2D eigenvalue weighted by atomic mass is 35.5. The molecule has 6 nitrogen and oxygen atoms in total. The van der Waals surface area contributed by atoms with Crippen molar-refractivity contribution < 1.29 is 4.79 Å². The quantitative estimate of drug-likeness (QED) is 0.620. The molecule has 0 aromatic heterocycles. The molecule has 0 aliphatic rings. The zero-order valence-electron chi connectivity index (χ0n) is 7.19. The van der Waals surface area contributed by atoms with E-state index in [2.05, 4.69) is 20.9 Å².